The second-order valence-electron chi connectivity index (χ2n) is 2.80. The summed E-state index contributed by atoms with van der Waals surface area (Å²) >= 11 is 5.24. The molecule has 0 saturated carbocycles. The number of thiophene rings is 1. The van der Waals surface area contributed by atoms with E-state index in [4.69, 9.17) is 0 Å². The lowest BCUT2D eigenvalue weighted by atomic mass is 10.2. The third-order valence-electron chi connectivity index (χ3n) is 1.96. The lowest BCUT2D eigenvalue weighted by Crippen LogP contribution is -1.82. The number of fused-ring (bicyclic) bond motifs is 1. The Balaban J connectivity index is 2.82. The van der Waals surface area contributed by atoms with E-state index in [1.807, 2.05) is 0 Å². The van der Waals surface area contributed by atoms with Gasteiger partial charge in [0.25, 0.3) is 6.43 Å². The molecule has 1 aromatic carbocycles. The fourth-order valence-electron chi connectivity index (χ4n) is 1.29. The third kappa shape index (κ3) is 1.36. The molecule has 0 radical (unpaired) electrons. The highest BCUT2D eigenvalue weighted by Gasteiger charge is 2.16. The average Bonchev–Trinajstić information content (AvgIpc) is 2.55. The standard InChI is InChI=1S/C9H6F2OS2/c10-9(11)4-3-14-6-2-1-5(12)8(13)7(4)6/h1-3,9,12-13H. The summed E-state index contributed by atoms with van der Waals surface area (Å²) in [5.74, 6) is -0.0684. The number of phenolic OH excluding ortho intramolecular Hbond substituents is 1. The Kier molecular flexibility index (Phi) is 2.36. The molecule has 0 aliphatic heterocycles. The topological polar surface area (TPSA) is 20.2 Å². The minimum absolute atomic E-state index is 0.0640. The van der Waals surface area contributed by atoms with Gasteiger partial charge < -0.3 is 5.11 Å². The van der Waals surface area contributed by atoms with E-state index in [1.165, 1.54) is 22.8 Å². The van der Waals surface area contributed by atoms with Crippen LogP contribution in [0.3, 0.4) is 0 Å². The van der Waals surface area contributed by atoms with Crippen LogP contribution in [0.5, 0.6) is 5.75 Å². The van der Waals surface area contributed by atoms with Crippen molar-refractivity contribution in [3.05, 3.63) is 23.1 Å². The molecule has 0 bridgehead atoms. The highest BCUT2D eigenvalue weighted by atomic mass is 32.1. The van der Waals surface area contributed by atoms with Crippen LogP contribution in [-0.4, -0.2) is 5.11 Å². The molecular formula is C9H6F2OS2. The molecule has 0 fully saturated rings. The van der Waals surface area contributed by atoms with Crippen LogP contribution in [0, 0.1) is 0 Å². The van der Waals surface area contributed by atoms with Crippen molar-refractivity contribution in [2.24, 2.45) is 0 Å². The molecule has 74 valence electrons. The largest absolute Gasteiger partial charge is 0.507 e. The molecule has 1 heterocycles. The van der Waals surface area contributed by atoms with Crippen molar-refractivity contribution >= 4 is 34.1 Å². The maximum atomic E-state index is 12.5. The van der Waals surface area contributed by atoms with Crippen molar-refractivity contribution in [2.75, 3.05) is 0 Å². The number of hydrogen-bond acceptors (Lipinski definition) is 3. The Morgan fingerprint density at radius 1 is 1.36 bits per heavy atom. The minimum Gasteiger partial charge on any atom is -0.507 e. The first-order chi connectivity index (χ1) is 6.61. The zero-order valence-electron chi connectivity index (χ0n) is 6.87. The molecule has 1 nitrogen and oxygen atoms in total. The molecule has 0 aliphatic carbocycles. The summed E-state index contributed by atoms with van der Waals surface area (Å²) in [7, 11) is 0. The van der Waals surface area contributed by atoms with Gasteiger partial charge in [-0.25, -0.2) is 8.78 Å². The van der Waals surface area contributed by atoms with Gasteiger partial charge in [-0.05, 0) is 12.1 Å². The molecule has 2 aromatic rings. The molecule has 0 atom stereocenters. The second-order valence-corrected chi connectivity index (χ2v) is 4.16. The maximum absolute atomic E-state index is 12.5. The van der Waals surface area contributed by atoms with E-state index < -0.39 is 6.43 Å². The van der Waals surface area contributed by atoms with Crippen LogP contribution < -0.4 is 0 Å². The van der Waals surface area contributed by atoms with Crippen LogP contribution in [0.1, 0.15) is 12.0 Å². The smallest absolute Gasteiger partial charge is 0.265 e. The number of thiol groups is 1. The Morgan fingerprint density at radius 2 is 2.07 bits per heavy atom. The van der Waals surface area contributed by atoms with Crippen molar-refractivity contribution in [3.8, 4) is 5.75 Å². The van der Waals surface area contributed by atoms with E-state index in [0.29, 0.717) is 10.1 Å². The van der Waals surface area contributed by atoms with Crippen LogP contribution in [0.2, 0.25) is 0 Å². The first kappa shape index (κ1) is 9.73. The van der Waals surface area contributed by atoms with Gasteiger partial charge in [0.05, 0.1) is 4.90 Å². The number of rotatable bonds is 1. The molecule has 0 spiro atoms. The average molecular weight is 232 g/mol. The molecule has 0 amide bonds. The summed E-state index contributed by atoms with van der Waals surface area (Å²) in [4.78, 5) is 0.221. The van der Waals surface area contributed by atoms with Crippen LogP contribution in [-0.2, 0) is 0 Å². The van der Waals surface area contributed by atoms with E-state index in [2.05, 4.69) is 12.6 Å². The van der Waals surface area contributed by atoms with Crippen LogP contribution in [0.25, 0.3) is 10.1 Å². The summed E-state index contributed by atoms with van der Waals surface area (Å²) in [6.45, 7) is 0. The molecule has 0 unspecified atom stereocenters. The Bertz CT molecular complexity index is 479. The summed E-state index contributed by atoms with van der Waals surface area (Å²) in [6, 6.07) is 3.07. The van der Waals surface area contributed by atoms with E-state index >= 15 is 0 Å². The number of halogens is 2. The van der Waals surface area contributed by atoms with Gasteiger partial charge in [-0.2, -0.15) is 0 Å². The van der Waals surface area contributed by atoms with Gasteiger partial charge in [-0.3, -0.25) is 0 Å². The molecule has 1 aromatic heterocycles. The summed E-state index contributed by atoms with van der Waals surface area (Å²) in [6.07, 6.45) is -2.53. The molecule has 0 aliphatic rings. The van der Waals surface area contributed by atoms with E-state index in [1.54, 1.807) is 6.07 Å². The van der Waals surface area contributed by atoms with Gasteiger partial charge in [-0.1, -0.05) is 0 Å². The predicted molar refractivity (Wildman–Crippen MR) is 55.7 cm³/mol. The summed E-state index contributed by atoms with van der Waals surface area (Å²) in [5, 5.41) is 11.1. The van der Waals surface area contributed by atoms with Crippen molar-refractivity contribution in [1.29, 1.82) is 0 Å². The maximum Gasteiger partial charge on any atom is 0.265 e. The quantitative estimate of drug-likeness (QED) is 0.716. The third-order valence-corrected chi connectivity index (χ3v) is 3.37. The lowest BCUT2D eigenvalue weighted by molar-refractivity contribution is 0.153. The number of aromatic hydroxyl groups is 1. The van der Waals surface area contributed by atoms with Crippen molar-refractivity contribution < 1.29 is 13.9 Å². The van der Waals surface area contributed by atoms with Crippen LogP contribution in [0.15, 0.2) is 22.4 Å². The SMILES string of the molecule is Oc1ccc2scc(C(F)F)c2c1S. The monoisotopic (exact) mass is 232 g/mol. The Hall–Kier alpha value is -0.810. The Labute approximate surface area is 88.4 Å². The zero-order valence-corrected chi connectivity index (χ0v) is 8.58. The Morgan fingerprint density at radius 3 is 2.71 bits per heavy atom. The number of benzene rings is 1. The van der Waals surface area contributed by atoms with Crippen LogP contribution >= 0.6 is 24.0 Å². The fraction of sp³-hybridized carbons (Fsp3) is 0.111. The van der Waals surface area contributed by atoms with Crippen molar-refractivity contribution in [3.63, 3.8) is 0 Å². The highest BCUT2D eigenvalue weighted by Crippen LogP contribution is 2.40. The zero-order chi connectivity index (χ0) is 10.3. The van der Waals surface area contributed by atoms with Gasteiger partial charge in [0.2, 0.25) is 0 Å². The fourth-order valence-corrected chi connectivity index (χ4v) is 2.64. The lowest BCUT2D eigenvalue weighted by Gasteiger charge is -2.02. The molecule has 1 N–H and O–H groups in total. The first-order valence-electron chi connectivity index (χ1n) is 3.81. The number of alkyl halides is 2. The van der Waals surface area contributed by atoms with E-state index in [0.717, 1.165) is 0 Å². The van der Waals surface area contributed by atoms with Crippen molar-refractivity contribution in [1.82, 2.24) is 0 Å². The molecular weight excluding hydrogens is 226 g/mol. The van der Waals surface area contributed by atoms with Gasteiger partial charge >= 0.3 is 0 Å². The van der Waals surface area contributed by atoms with Gasteiger partial charge in [-0.15, -0.1) is 24.0 Å². The molecule has 5 heteroatoms. The predicted octanol–water partition coefficient (Wildman–Crippen LogP) is 3.83. The molecule has 0 saturated heterocycles. The normalized spacial score (nSPS) is 11.4. The molecule has 14 heavy (non-hydrogen) atoms. The number of phenols is 1. The van der Waals surface area contributed by atoms with Gasteiger partial charge in [0, 0.05) is 21.0 Å². The first-order valence-corrected chi connectivity index (χ1v) is 5.14. The second kappa shape index (κ2) is 3.40. The summed E-state index contributed by atoms with van der Waals surface area (Å²) in [5.41, 5.74) is -0.0640. The van der Waals surface area contributed by atoms with Gasteiger partial charge in [0.15, 0.2) is 0 Å². The minimum atomic E-state index is -2.53. The highest BCUT2D eigenvalue weighted by molar-refractivity contribution is 7.80. The number of hydrogen-bond donors (Lipinski definition) is 2. The van der Waals surface area contributed by atoms with Gasteiger partial charge in [0.1, 0.15) is 5.75 Å². The van der Waals surface area contributed by atoms with E-state index in [-0.39, 0.29) is 16.2 Å². The molecule has 2 rings (SSSR count). The van der Waals surface area contributed by atoms with E-state index in [9.17, 15) is 13.9 Å². The van der Waals surface area contributed by atoms with Crippen molar-refractivity contribution in [2.45, 2.75) is 11.3 Å². The van der Waals surface area contributed by atoms with Crippen LogP contribution in [0.4, 0.5) is 8.78 Å². The summed E-state index contributed by atoms with van der Waals surface area (Å²) < 4.78 is 25.8.